The highest BCUT2D eigenvalue weighted by atomic mass is 15.1. The molecule has 6 nitrogen and oxygen atoms in total. The minimum atomic E-state index is 0.206. The first-order valence-electron chi connectivity index (χ1n) is 13.2. The van der Waals surface area contributed by atoms with Gasteiger partial charge in [0.15, 0.2) is 0 Å². The van der Waals surface area contributed by atoms with Crippen LogP contribution in [0.2, 0.25) is 0 Å². The molecule has 1 aliphatic rings. The predicted molar refractivity (Wildman–Crippen MR) is 163 cm³/mol. The largest absolute Gasteiger partial charge is 0.384 e. The number of nitrogens with one attached hydrogen (secondary N) is 1. The number of hydrogen-bond acceptors (Lipinski definition) is 3. The first kappa shape index (κ1) is 23.9. The molecule has 190 valence electrons. The molecule has 0 saturated carbocycles. The quantitative estimate of drug-likeness (QED) is 0.252. The van der Waals surface area contributed by atoms with Gasteiger partial charge in [-0.05, 0) is 31.5 Å². The molecular weight excluding hydrogens is 468 g/mol. The minimum Gasteiger partial charge on any atom is -0.384 e. The van der Waals surface area contributed by atoms with Gasteiger partial charge < -0.3 is 15.6 Å². The summed E-state index contributed by atoms with van der Waals surface area (Å²) in [7, 11) is 0. The van der Waals surface area contributed by atoms with Crippen LogP contribution in [0, 0.1) is 0 Å². The van der Waals surface area contributed by atoms with Crippen molar-refractivity contribution in [1.82, 2.24) is 14.5 Å². The second kappa shape index (κ2) is 10.1. The molecule has 0 aliphatic carbocycles. The van der Waals surface area contributed by atoms with Gasteiger partial charge in [-0.1, -0.05) is 73.7 Å². The molecule has 1 unspecified atom stereocenters. The van der Waals surface area contributed by atoms with Crippen LogP contribution < -0.4 is 11.1 Å². The number of nitrogens with zero attached hydrogens (tertiary/aromatic N) is 4. The fourth-order valence-corrected chi connectivity index (χ4v) is 5.60. The average molecular weight is 501 g/mol. The summed E-state index contributed by atoms with van der Waals surface area (Å²) in [6, 6.07) is 21.8. The maximum Gasteiger partial charge on any atom is 0.141 e. The summed E-state index contributed by atoms with van der Waals surface area (Å²) in [5.74, 6) is 1.28. The summed E-state index contributed by atoms with van der Waals surface area (Å²) in [5.41, 5.74) is 11.3. The summed E-state index contributed by atoms with van der Waals surface area (Å²) in [6.07, 6.45) is 13.1. The van der Waals surface area contributed by atoms with Crippen molar-refractivity contribution >= 4 is 61.5 Å². The van der Waals surface area contributed by atoms with Crippen LogP contribution in [-0.4, -0.2) is 34.3 Å². The van der Waals surface area contributed by atoms with Crippen molar-refractivity contribution in [3.63, 3.8) is 0 Å². The van der Waals surface area contributed by atoms with Gasteiger partial charge >= 0.3 is 0 Å². The summed E-state index contributed by atoms with van der Waals surface area (Å²) in [5, 5.41) is 8.14. The third kappa shape index (κ3) is 3.94. The lowest BCUT2D eigenvalue weighted by molar-refractivity contribution is 0.623. The number of nitrogens with two attached hydrogens (primary N) is 1. The molecular formula is C32H32N6. The van der Waals surface area contributed by atoms with E-state index in [0.29, 0.717) is 12.4 Å². The van der Waals surface area contributed by atoms with E-state index in [9.17, 15) is 0 Å². The molecule has 1 aliphatic heterocycles. The zero-order valence-corrected chi connectivity index (χ0v) is 21.8. The second-order valence-electron chi connectivity index (χ2n) is 9.52. The average Bonchev–Trinajstić information content (AvgIpc) is 3.48. The fourth-order valence-electron chi connectivity index (χ4n) is 5.60. The third-order valence-electron chi connectivity index (χ3n) is 7.26. The van der Waals surface area contributed by atoms with Crippen LogP contribution in [0.15, 0.2) is 101 Å². The number of benzene rings is 3. The molecule has 5 aromatic rings. The van der Waals surface area contributed by atoms with Crippen LogP contribution in [-0.2, 0) is 0 Å². The molecule has 6 rings (SSSR count). The van der Waals surface area contributed by atoms with Gasteiger partial charge in [0.05, 0.1) is 35.3 Å². The Morgan fingerprint density at radius 2 is 1.79 bits per heavy atom. The van der Waals surface area contributed by atoms with Crippen molar-refractivity contribution in [2.75, 3.05) is 13.1 Å². The van der Waals surface area contributed by atoms with Gasteiger partial charge in [-0.25, -0.2) is 9.98 Å². The normalized spacial score (nSPS) is 16.9. The molecule has 3 N–H and O–H groups in total. The van der Waals surface area contributed by atoms with Gasteiger partial charge in [0.2, 0.25) is 0 Å². The van der Waals surface area contributed by atoms with Crippen molar-refractivity contribution < 1.29 is 0 Å². The van der Waals surface area contributed by atoms with E-state index < -0.39 is 0 Å². The lowest BCUT2D eigenvalue weighted by atomic mass is 10.1. The van der Waals surface area contributed by atoms with Crippen molar-refractivity contribution in [3.8, 4) is 0 Å². The highest BCUT2D eigenvalue weighted by molar-refractivity contribution is 6.25. The zero-order valence-electron chi connectivity index (χ0n) is 21.8. The summed E-state index contributed by atoms with van der Waals surface area (Å²) >= 11 is 0. The molecule has 0 fully saturated rings. The second-order valence-corrected chi connectivity index (χ2v) is 9.52. The van der Waals surface area contributed by atoms with E-state index in [4.69, 9.17) is 5.73 Å². The Balaban J connectivity index is 1.70. The van der Waals surface area contributed by atoms with E-state index in [1.165, 1.54) is 32.6 Å². The number of para-hydroxylation sites is 2. The Hall–Kier alpha value is -4.42. The van der Waals surface area contributed by atoms with E-state index >= 15 is 0 Å². The van der Waals surface area contributed by atoms with Gasteiger partial charge in [0.25, 0.3) is 0 Å². The van der Waals surface area contributed by atoms with Crippen LogP contribution in [0.3, 0.4) is 0 Å². The lowest BCUT2D eigenvalue weighted by Gasteiger charge is -2.17. The van der Waals surface area contributed by atoms with E-state index in [1.807, 2.05) is 13.1 Å². The maximum absolute atomic E-state index is 6.73. The predicted octanol–water partition coefficient (Wildman–Crippen LogP) is 6.77. The van der Waals surface area contributed by atoms with Crippen LogP contribution in [0.25, 0.3) is 49.4 Å². The molecule has 0 amide bonds. The van der Waals surface area contributed by atoms with Crippen LogP contribution >= 0.6 is 0 Å². The van der Waals surface area contributed by atoms with Crippen molar-refractivity contribution in [3.05, 3.63) is 91.2 Å². The summed E-state index contributed by atoms with van der Waals surface area (Å²) in [6.45, 7) is 5.69. The van der Waals surface area contributed by atoms with Crippen LogP contribution in [0.5, 0.6) is 0 Å². The van der Waals surface area contributed by atoms with Crippen molar-refractivity contribution in [2.45, 2.75) is 26.3 Å². The molecule has 0 radical (unpaired) electrons. The molecule has 38 heavy (non-hydrogen) atoms. The van der Waals surface area contributed by atoms with Crippen molar-refractivity contribution in [1.29, 1.82) is 0 Å². The van der Waals surface area contributed by atoms with Crippen LogP contribution in [0.1, 0.15) is 26.3 Å². The molecule has 0 saturated heterocycles. The Morgan fingerprint density at radius 1 is 1.00 bits per heavy atom. The molecule has 2 aromatic heterocycles. The van der Waals surface area contributed by atoms with E-state index in [-0.39, 0.29) is 6.04 Å². The zero-order chi connectivity index (χ0) is 26.1. The van der Waals surface area contributed by atoms with E-state index in [2.05, 4.69) is 116 Å². The van der Waals surface area contributed by atoms with Crippen molar-refractivity contribution in [2.24, 2.45) is 15.7 Å². The number of hydrogen-bond donors (Lipinski definition) is 2. The molecule has 6 heteroatoms. The fraction of sp³-hybridized carbons (Fsp3) is 0.188. The smallest absolute Gasteiger partial charge is 0.141 e. The van der Waals surface area contributed by atoms with Gasteiger partial charge in [-0.15, -0.1) is 0 Å². The topological polar surface area (TPSA) is 72.6 Å². The standard InChI is InChI=1S/C32H32N6/c1-3-5-6-11-22(4-2)37-26-14-9-7-12-23(26)24-16-17-28-31(32(24)37)25-13-8-10-15-27(25)38(28)29(33)20-36-30-21-34-18-19-35-30/h3,5-17,19-20,22,34H,4,18,21,33H2,1-2H3/b5-3-,11-6-,29-20+,36-30+. The SMILES string of the molecule is C/C=C\C=C/C(CC)n1c2ccccc2c2ccc3c(c4ccccc4n3/C(N)=C/N=C3\CNCC=N3)c21. The highest BCUT2D eigenvalue weighted by Gasteiger charge is 2.22. The first-order valence-corrected chi connectivity index (χ1v) is 13.2. The number of aliphatic imine (C=N–C) groups is 2. The van der Waals surface area contributed by atoms with Gasteiger partial charge in [-0.3, -0.25) is 4.57 Å². The highest BCUT2D eigenvalue weighted by Crippen LogP contribution is 2.42. The number of rotatable bonds is 6. The molecule has 3 aromatic carbocycles. The lowest BCUT2D eigenvalue weighted by Crippen LogP contribution is -2.28. The Kier molecular flexibility index (Phi) is 6.40. The molecule has 0 bridgehead atoms. The van der Waals surface area contributed by atoms with Crippen LogP contribution in [0.4, 0.5) is 0 Å². The maximum atomic E-state index is 6.73. The van der Waals surface area contributed by atoms with E-state index in [1.54, 1.807) is 6.20 Å². The number of allylic oxidation sites excluding steroid dienone is 4. The third-order valence-corrected chi connectivity index (χ3v) is 7.26. The van der Waals surface area contributed by atoms with Gasteiger partial charge in [-0.2, -0.15) is 0 Å². The number of fused-ring (bicyclic) bond motifs is 7. The van der Waals surface area contributed by atoms with E-state index in [0.717, 1.165) is 29.8 Å². The number of amidine groups is 1. The monoisotopic (exact) mass is 500 g/mol. The Labute approximate surface area is 222 Å². The molecule has 3 heterocycles. The summed E-state index contributed by atoms with van der Waals surface area (Å²) < 4.78 is 4.62. The summed E-state index contributed by atoms with van der Waals surface area (Å²) in [4.78, 5) is 8.96. The molecule has 0 spiro atoms. The number of aromatic nitrogens is 2. The van der Waals surface area contributed by atoms with Gasteiger partial charge in [0.1, 0.15) is 11.7 Å². The Morgan fingerprint density at radius 3 is 2.55 bits per heavy atom. The Bertz CT molecular complexity index is 1810. The minimum absolute atomic E-state index is 0.206. The molecule has 1 atom stereocenters. The first-order chi connectivity index (χ1) is 18.7. The van der Waals surface area contributed by atoms with Gasteiger partial charge in [0, 0.05) is 39.8 Å².